The zero-order valence-electron chi connectivity index (χ0n) is 11.6. The summed E-state index contributed by atoms with van der Waals surface area (Å²) in [5.41, 5.74) is 2.47. The maximum atomic E-state index is 11.6. The van der Waals surface area contributed by atoms with Gasteiger partial charge in [-0.25, -0.2) is 0 Å². The zero-order valence-corrected chi connectivity index (χ0v) is 13.3. The van der Waals surface area contributed by atoms with Crippen LogP contribution in [0.15, 0.2) is 38.8 Å². The number of hydrogen-bond donors (Lipinski definition) is 1. The van der Waals surface area contributed by atoms with Gasteiger partial charge in [0.15, 0.2) is 0 Å². The summed E-state index contributed by atoms with van der Waals surface area (Å²) in [5.74, 6) is 0. The van der Waals surface area contributed by atoms with E-state index in [2.05, 4.69) is 23.7 Å². The van der Waals surface area contributed by atoms with E-state index in [1.54, 1.807) is 10.6 Å². The molecule has 0 saturated heterocycles. The highest BCUT2D eigenvalue weighted by atomic mass is 32.2. The van der Waals surface area contributed by atoms with E-state index in [9.17, 15) is 4.79 Å². The van der Waals surface area contributed by atoms with Gasteiger partial charge in [0.1, 0.15) is 0 Å². The van der Waals surface area contributed by atoms with E-state index in [4.69, 9.17) is 0 Å². The molecule has 106 valence electrons. The van der Waals surface area contributed by atoms with Crippen molar-refractivity contribution in [2.45, 2.75) is 42.3 Å². The molecule has 2 aromatic rings. The van der Waals surface area contributed by atoms with Crippen LogP contribution in [0.25, 0.3) is 0 Å². The molecule has 2 atom stereocenters. The summed E-state index contributed by atoms with van der Waals surface area (Å²) in [7, 11) is 0. The van der Waals surface area contributed by atoms with E-state index in [1.807, 2.05) is 42.3 Å². The Morgan fingerprint density at radius 2 is 2.25 bits per heavy atom. The first kappa shape index (κ1) is 13.8. The van der Waals surface area contributed by atoms with E-state index in [0.717, 1.165) is 12.1 Å². The highest BCUT2D eigenvalue weighted by molar-refractivity contribution is 8.01. The standard InChI is InChI=1S/C15H18N2OS2/c1-3-17-9-11(4-5-14(17)18)16-13-8-10(2)20-15-12(13)6-7-19-15/h4-7,9-10,13,16H,3,8H2,1-2H3/t10-,13?/m0/s1. The van der Waals surface area contributed by atoms with Crippen LogP contribution in [0.5, 0.6) is 0 Å². The molecule has 0 radical (unpaired) electrons. The highest BCUT2D eigenvalue weighted by Gasteiger charge is 2.26. The molecule has 3 rings (SSSR count). The lowest BCUT2D eigenvalue weighted by Gasteiger charge is -2.28. The lowest BCUT2D eigenvalue weighted by Crippen LogP contribution is -2.22. The summed E-state index contributed by atoms with van der Waals surface area (Å²) in [6.07, 6.45) is 3.03. The van der Waals surface area contributed by atoms with Gasteiger partial charge >= 0.3 is 0 Å². The third kappa shape index (κ3) is 2.65. The predicted octanol–water partition coefficient (Wildman–Crippen LogP) is 3.97. The van der Waals surface area contributed by atoms with Gasteiger partial charge in [-0.1, -0.05) is 6.92 Å². The van der Waals surface area contributed by atoms with Crippen LogP contribution in [0.1, 0.15) is 31.9 Å². The Morgan fingerprint density at radius 3 is 3.05 bits per heavy atom. The molecule has 5 heteroatoms. The summed E-state index contributed by atoms with van der Waals surface area (Å²) < 4.78 is 3.16. The molecule has 1 unspecified atom stereocenters. The van der Waals surface area contributed by atoms with E-state index < -0.39 is 0 Å². The molecule has 20 heavy (non-hydrogen) atoms. The van der Waals surface area contributed by atoms with Crippen LogP contribution in [0.4, 0.5) is 5.69 Å². The molecule has 2 aromatic heterocycles. The van der Waals surface area contributed by atoms with Gasteiger partial charge in [0.05, 0.1) is 15.9 Å². The Kier molecular flexibility index (Phi) is 3.89. The predicted molar refractivity (Wildman–Crippen MR) is 87.0 cm³/mol. The molecule has 0 saturated carbocycles. The van der Waals surface area contributed by atoms with E-state index in [0.29, 0.717) is 17.8 Å². The topological polar surface area (TPSA) is 34.0 Å². The average Bonchev–Trinajstić information content (AvgIpc) is 2.89. The fourth-order valence-corrected chi connectivity index (χ4v) is 5.12. The first-order valence-electron chi connectivity index (χ1n) is 6.88. The zero-order chi connectivity index (χ0) is 14.1. The smallest absolute Gasteiger partial charge is 0.250 e. The van der Waals surface area contributed by atoms with Crippen molar-refractivity contribution in [3.8, 4) is 0 Å². The number of nitrogens with one attached hydrogen (secondary N) is 1. The van der Waals surface area contributed by atoms with Gasteiger partial charge in [0, 0.05) is 24.1 Å². The number of thiophene rings is 1. The number of pyridine rings is 1. The Labute approximate surface area is 127 Å². The summed E-state index contributed by atoms with van der Waals surface area (Å²) in [6.45, 7) is 4.96. The number of rotatable bonds is 3. The lowest BCUT2D eigenvalue weighted by atomic mass is 10.0. The van der Waals surface area contributed by atoms with Crippen LogP contribution >= 0.6 is 23.1 Å². The van der Waals surface area contributed by atoms with Crippen molar-refractivity contribution in [3.05, 3.63) is 45.7 Å². The first-order valence-corrected chi connectivity index (χ1v) is 8.64. The molecular weight excluding hydrogens is 288 g/mol. The van der Waals surface area contributed by atoms with Gasteiger partial charge in [-0.3, -0.25) is 4.79 Å². The number of nitrogens with zero attached hydrogens (tertiary/aromatic N) is 1. The second-order valence-corrected chi connectivity index (χ2v) is 7.69. The van der Waals surface area contributed by atoms with Crippen LogP contribution in [-0.4, -0.2) is 9.82 Å². The number of anilines is 1. The maximum Gasteiger partial charge on any atom is 0.250 e. The Hall–Kier alpha value is -1.20. The molecule has 0 bridgehead atoms. The summed E-state index contributed by atoms with van der Waals surface area (Å²) in [4.78, 5) is 11.6. The molecule has 3 nitrogen and oxygen atoms in total. The number of thioether (sulfide) groups is 1. The van der Waals surface area contributed by atoms with Crippen molar-refractivity contribution in [1.82, 2.24) is 4.57 Å². The van der Waals surface area contributed by atoms with Crippen LogP contribution in [0.2, 0.25) is 0 Å². The van der Waals surface area contributed by atoms with Gasteiger partial charge in [-0.05, 0) is 36.4 Å². The van der Waals surface area contributed by atoms with Gasteiger partial charge < -0.3 is 9.88 Å². The van der Waals surface area contributed by atoms with Crippen molar-refractivity contribution in [2.75, 3.05) is 5.32 Å². The molecule has 3 heterocycles. The van der Waals surface area contributed by atoms with Gasteiger partial charge in [0.25, 0.3) is 5.56 Å². The molecule has 1 N–H and O–H groups in total. The SMILES string of the molecule is CCn1cc(NC2C[C@H](C)Sc3sccc32)ccc1=O. The van der Waals surface area contributed by atoms with Gasteiger partial charge in [-0.15, -0.1) is 23.1 Å². The minimum absolute atomic E-state index is 0.0573. The molecule has 0 aliphatic carbocycles. The summed E-state index contributed by atoms with van der Waals surface area (Å²) in [5, 5.41) is 6.37. The van der Waals surface area contributed by atoms with E-state index in [1.165, 1.54) is 9.77 Å². The molecule has 0 fully saturated rings. The first-order chi connectivity index (χ1) is 9.67. The fraction of sp³-hybridized carbons (Fsp3) is 0.400. The number of fused-ring (bicyclic) bond motifs is 1. The number of aromatic nitrogens is 1. The molecule has 1 aliphatic heterocycles. The Morgan fingerprint density at radius 1 is 1.40 bits per heavy atom. The monoisotopic (exact) mass is 306 g/mol. The minimum atomic E-state index is 0.0573. The van der Waals surface area contributed by atoms with Crippen LogP contribution in [0.3, 0.4) is 0 Å². The summed E-state index contributed by atoms with van der Waals surface area (Å²) >= 11 is 3.79. The third-order valence-electron chi connectivity index (χ3n) is 3.57. The Balaban J connectivity index is 1.87. The van der Waals surface area contributed by atoms with Crippen LogP contribution < -0.4 is 10.9 Å². The largest absolute Gasteiger partial charge is 0.377 e. The van der Waals surface area contributed by atoms with Crippen molar-refractivity contribution < 1.29 is 0 Å². The fourth-order valence-electron chi connectivity index (χ4n) is 2.55. The lowest BCUT2D eigenvalue weighted by molar-refractivity contribution is 0.665. The number of aryl methyl sites for hydroxylation is 1. The van der Waals surface area contributed by atoms with Crippen LogP contribution in [-0.2, 0) is 6.54 Å². The second-order valence-electron chi connectivity index (χ2n) is 5.07. The third-order valence-corrected chi connectivity index (χ3v) is 5.92. The normalized spacial score (nSPS) is 21.5. The second kappa shape index (κ2) is 5.66. The molecule has 1 aliphatic rings. The maximum absolute atomic E-state index is 11.6. The molecule has 0 spiro atoms. The van der Waals surface area contributed by atoms with Gasteiger partial charge in [-0.2, -0.15) is 0 Å². The van der Waals surface area contributed by atoms with Gasteiger partial charge in [0.2, 0.25) is 0 Å². The highest BCUT2D eigenvalue weighted by Crippen LogP contribution is 2.44. The average molecular weight is 306 g/mol. The minimum Gasteiger partial charge on any atom is -0.377 e. The quantitative estimate of drug-likeness (QED) is 0.931. The Bertz CT molecular complexity index is 662. The van der Waals surface area contributed by atoms with Crippen molar-refractivity contribution in [3.63, 3.8) is 0 Å². The van der Waals surface area contributed by atoms with Crippen molar-refractivity contribution >= 4 is 28.8 Å². The van der Waals surface area contributed by atoms with Crippen molar-refractivity contribution in [1.29, 1.82) is 0 Å². The van der Waals surface area contributed by atoms with E-state index >= 15 is 0 Å². The molecular formula is C15H18N2OS2. The number of hydrogen-bond acceptors (Lipinski definition) is 4. The van der Waals surface area contributed by atoms with E-state index in [-0.39, 0.29) is 5.56 Å². The van der Waals surface area contributed by atoms with Crippen molar-refractivity contribution in [2.24, 2.45) is 0 Å². The molecule has 0 amide bonds. The molecule has 0 aromatic carbocycles. The van der Waals surface area contributed by atoms with Crippen LogP contribution in [0, 0.1) is 0 Å². The summed E-state index contributed by atoms with van der Waals surface area (Å²) in [6, 6.07) is 6.08.